The van der Waals surface area contributed by atoms with Gasteiger partial charge in [0.25, 0.3) is 0 Å². The summed E-state index contributed by atoms with van der Waals surface area (Å²) >= 11 is 2.15. The van der Waals surface area contributed by atoms with Gasteiger partial charge in [-0.1, -0.05) is 12.1 Å². The number of anilines is 2. The molecule has 0 atom stereocenters. The van der Waals surface area contributed by atoms with Crippen LogP contribution in [0.3, 0.4) is 0 Å². The fraction of sp³-hybridized carbons (Fsp3) is 0.231. The summed E-state index contributed by atoms with van der Waals surface area (Å²) in [6.07, 6.45) is 3.93. The van der Waals surface area contributed by atoms with Crippen LogP contribution in [0, 0.1) is 9.39 Å². The van der Waals surface area contributed by atoms with Crippen LogP contribution in [0.15, 0.2) is 36.8 Å². The molecule has 0 spiro atoms. The highest BCUT2D eigenvalue weighted by atomic mass is 127. The van der Waals surface area contributed by atoms with E-state index in [0.717, 1.165) is 9.99 Å². The molecule has 0 saturated carbocycles. The summed E-state index contributed by atoms with van der Waals surface area (Å²) in [5.74, 6) is 0.433. The molecule has 0 aliphatic heterocycles. The van der Waals surface area contributed by atoms with E-state index in [-0.39, 0.29) is 5.82 Å². The third kappa shape index (κ3) is 3.38. The molecule has 0 fully saturated rings. The Morgan fingerprint density at radius 3 is 2.79 bits per heavy atom. The smallest absolute Gasteiger partial charge is 0.149 e. The van der Waals surface area contributed by atoms with E-state index in [9.17, 15) is 4.39 Å². The molecule has 2 N–H and O–H groups in total. The molecule has 1 heterocycles. The second-order valence-corrected chi connectivity index (χ2v) is 5.10. The van der Waals surface area contributed by atoms with E-state index >= 15 is 0 Å². The van der Waals surface area contributed by atoms with Gasteiger partial charge in [0.05, 0.1) is 9.26 Å². The Hall–Kier alpha value is -1.28. The van der Waals surface area contributed by atoms with Gasteiger partial charge in [0.1, 0.15) is 18.0 Å². The first-order valence-electron chi connectivity index (χ1n) is 5.91. The summed E-state index contributed by atoms with van der Waals surface area (Å²) in [5.41, 5.74) is 6.06. The van der Waals surface area contributed by atoms with Crippen molar-refractivity contribution in [2.75, 3.05) is 18.0 Å². The van der Waals surface area contributed by atoms with Crippen molar-refractivity contribution in [2.45, 2.75) is 6.42 Å². The lowest BCUT2D eigenvalue weighted by atomic mass is 10.2. The fourth-order valence-corrected chi connectivity index (χ4v) is 2.36. The van der Waals surface area contributed by atoms with Crippen LogP contribution in [0.1, 0.15) is 6.42 Å². The van der Waals surface area contributed by atoms with Crippen LogP contribution >= 0.6 is 22.6 Å². The molecule has 0 radical (unpaired) electrons. The largest absolute Gasteiger partial charge is 0.330 e. The van der Waals surface area contributed by atoms with E-state index in [2.05, 4.69) is 32.6 Å². The molecule has 19 heavy (non-hydrogen) atoms. The SMILES string of the molecule is NCCCN(c1ccccc1F)c1ncncc1I. The van der Waals surface area contributed by atoms with Gasteiger partial charge >= 0.3 is 0 Å². The van der Waals surface area contributed by atoms with Crippen molar-refractivity contribution in [3.63, 3.8) is 0 Å². The summed E-state index contributed by atoms with van der Waals surface area (Å²) in [6.45, 7) is 1.16. The Bertz CT molecular complexity index is 504. The lowest BCUT2D eigenvalue weighted by Gasteiger charge is -2.24. The van der Waals surface area contributed by atoms with E-state index in [1.807, 2.05) is 11.0 Å². The number of rotatable bonds is 5. The zero-order valence-electron chi connectivity index (χ0n) is 10.3. The molecule has 2 rings (SSSR count). The Balaban J connectivity index is 2.42. The quantitative estimate of drug-likeness (QED) is 0.821. The van der Waals surface area contributed by atoms with Gasteiger partial charge in [-0.25, -0.2) is 14.4 Å². The summed E-state index contributed by atoms with van der Waals surface area (Å²) < 4.78 is 14.8. The van der Waals surface area contributed by atoms with Gasteiger partial charge < -0.3 is 10.6 Å². The van der Waals surface area contributed by atoms with Crippen molar-refractivity contribution in [1.29, 1.82) is 0 Å². The molecule has 1 aromatic heterocycles. The molecular formula is C13H14FIN4. The Kier molecular flexibility index (Phi) is 5.03. The monoisotopic (exact) mass is 372 g/mol. The van der Waals surface area contributed by atoms with Gasteiger partial charge in [0, 0.05) is 12.7 Å². The molecule has 0 bridgehead atoms. The second-order valence-electron chi connectivity index (χ2n) is 3.94. The highest BCUT2D eigenvalue weighted by Gasteiger charge is 2.16. The Morgan fingerprint density at radius 2 is 2.11 bits per heavy atom. The van der Waals surface area contributed by atoms with Crippen LogP contribution in [0.4, 0.5) is 15.9 Å². The normalized spacial score (nSPS) is 10.5. The molecule has 2 aromatic rings. The number of nitrogens with zero attached hydrogens (tertiary/aromatic N) is 3. The summed E-state index contributed by atoms with van der Waals surface area (Å²) in [6, 6.07) is 6.66. The topological polar surface area (TPSA) is 55.0 Å². The molecule has 0 saturated heterocycles. The van der Waals surface area contributed by atoms with Gasteiger partial charge in [-0.15, -0.1) is 0 Å². The van der Waals surface area contributed by atoms with Gasteiger partial charge in [-0.2, -0.15) is 0 Å². The lowest BCUT2D eigenvalue weighted by Crippen LogP contribution is -2.23. The number of para-hydroxylation sites is 1. The average Bonchev–Trinajstić information content (AvgIpc) is 2.42. The van der Waals surface area contributed by atoms with Crippen LogP contribution < -0.4 is 10.6 Å². The highest BCUT2D eigenvalue weighted by molar-refractivity contribution is 14.1. The van der Waals surface area contributed by atoms with E-state index in [1.54, 1.807) is 18.3 Å². The van der Waals surface area contributed by atoms with Crippen molar-refractivity contribution in [1.82, 2.24) is 9.97 Å². The molecule has 0 amide bonds. The minimum Gasteiger partial charge on any atom is -0.330 e. The maximum atomic E-state index is 14.0. The molecule has 0 aliphatic rings. The van der Waals surface area contributed by atoms with E-state index in [0.29, 0.717) is 24.6 Å². The van der Waals surface area contributed by atoms with Crippen molar-refractivity contribution < 1.29 is 4.39 Å². The van der Waals surface area contributed by atoms with Crippen molar-refractivity contribution in [3.05, 3.63) is 46.2 Å². The first-order chi connectivity index (χ1) is 9.24. The predicted molar refractivity (Wildman–Crippen MR) is 81.8 cm³/mol. The maximum Gasteiger partial charge on any atom is 0.149 e. The third-order valence-corrected chi connectivity index (χ3v) is 3.39. The number of halogens is 2. The maximum absolute atomic E-state index is 14.0. The molecule has 100 valence electrons. The molecule has 4 nitrogen and oxygen atoms in total. The van der Waals surface area contributed by atoms with Crippen LogP contribution in [-0.2, 0) is 0 Å². The highest BCUT2D eigenvalue weighted by Crippen LogP contribution is 2.29. The lowest BCUT2D eigenvalue weighted by molar-refractivity contribution is 0.622. The van der Waals surface area contributed by atoms with Crippen LogP contribution in [0.2, 0.25) is 0 Å². The van der Waals surface area contributed by atoms with Crippen LogP contribution in [-0.4, -0.2) is 23.1 Å². The van der Waals surface area contributed by atoms with Gasteiger partial charge in [0.15, 0.2) is 0 Å². The minimum atomic E-state index is -0.270. The number of hydrogen-bond donors (Lipinski definition) is 1. The Labute approximate surface area is 125 Å². The van der Waals surface area contributed by atoms with Gasteiger partial charge in [-0.05, 0) is 47.7 Å². The van der Waals surface area contributed by atoms with Crippen molar-refractivity contribution in [2.24, 2.45) is 5.73 Å². The molecular weight excluding hydrogens is 358 g/mol. The van der Waals surface area contributed by atoms with Gasteiger partial charge in [-0.3, -0.25) is 0 Å². The number of aromatic nitrogens is 2. The molecule has 0 unspecified atom stereocenters. The van der Waals surface area contributed by atoms with Crippen molar-refractivity contribution in [3.8, 4) is 0 Å². The summed E-state index contributed by atoms with van der Waals surface area (Å²) in [5, 5.41) is 0. The first kappa shape index (κ1) is 14.1. The summed E-state index contributed by atoms with van der Waals surface area (Å²) in [7, 11) is 0. The summed E-state index contributed by atoms with van der Waals surface area (Å²) in [4.78, 5) is 10.0. The van der Waals surface area contributed by atoms with Crippen LogP contribution in [0.25, 0.3) is 0 Å². The first-order valence-corrected chi connectivity index (χ1v) is 6.99. The predicted octanol–water partition coefficient (Wildman–Crippen LogP) is 2.71. The van der Waals surface area contributed by atoms with Gasteiger partial charge in [0.2, 0.25) is 0 Å². The standard InChI is InChI=1S/C13H14FIN4/c14-10-4-1-2-5-12(10)19(7-3-6-16)13-11(15)8-17-9-18-13/h1-2,4-5,8-9H,3,6-7,16H2. The van der Waals surface area contributed by atoms with E-state index < -0.39 is 0 Å². The minimum absolute atomic E-state index is 0.270. The zero-order valence-corrected chi connectivity index (χ0v) is 12.4. The molecule has 6 heteroatoms. The number of hydrogen-bond acceptors (Lipinski definition) is 4. The third-order valence-electron chi connectivity index (χ3n) is 2.63. The molecule has 1 aromatic carbocycles. The zero-order chi connectivity index (χ0) is 13.7. The number of benzene rings is 1. The van der Waals surface area contributed by atoms with E-state index in [4.69, 9.17) is 5.73 Å². The Morgan fingerprint density at radius 1 is 1.32 bits per heavy atom. The van der Waals surface area contributed by atoms with E-state index in [1.165, 1.54) is 12.4 Å². The van der Waals surface area contributed by atoms with Crippen LogP contribution in [0.5, 0.6) is 0 Å². The average molecular weight is 372 g/mol. The number of nitrogens with two attached hydrogens (primary N) is 1. The fourth-order valence-electron chi connectivity index (χ4n) is 1.77. The molecule has 0 aliphatic carbocycles. The second kappa shape index (κ2) is 6.76. The van der Waals surface area contributed by atoms with Crippen molar-refractivity contribution >= 4 is 34.1 Å².